The first-order chi connectivity index (χ1) is 9.72. The van der Waals surface area contributed by atoms with Crippen molar-refractivity contribution in [2.75, 3.05) is 18.6 Å². The first-order valence-corrected chi connectivity index (χ1v) is 6.48. The summed E-state index contributed by atoms with van der Waals surface area (Å²) in [6.07, 6.45) is 0.610. The Morgan fingerprint density at radius 3 is 2.60 bits per heavy atom. The molecule has 1 N–H and O–H groups in total. The van der Waals surface area contributed by atoms with Gasteiger partial charge in [-0.15, -0.1) is 0 Å². The van der Waals surface area contributed by atoms with Gasteiger partial charge in [0.1, 0.15) is 0 Å². The summed E-state index contributed by atoms with van der Waals surface area (Å²) < 4.78 is 5.08. The van der Waals surface area contributed by atoms with Gasteiger partial charge in [-0.05, 0) is 30.7 Å². The quantitative estimate of drug-likeness (QED) is 0.911. The number of nitrogens with zero attached hydrogens (tertiary/aromatic N) is 1. The maximum absolute atomic E-state index is 12.5. The van der Waals surface area contributed by atoms with Crippen molar-refractivity contribution in [2.45, 2.75) is 6.42 Å². The van der Waals surface area contributed by atoms with Crippen LogP contribution in [-0.4, -0.2) is 24.7 Å². The molecule has 0 aliphatic carbocycles. The monoisotopic (exact) mass is 269 g/mol. The number of ether oxygens (including phenoxy) is 1. The van der Waals surface area contributed by atoms with Crippen LogP contribution in [0.3, 0.4) is 0 Å². The van der Waals surface area contributed by atoms with Crippen molar-refractivity contribution in [1.29, 1.82) is 0 Å². The van der Waals surface area contributed by atoms with Crippen LogP contribution < -0.4 is 9.64 Å². The fourth-order valence-corrected chi connectivity index (χ4v) is 2.56. The third-order valence-electron chi connectivity index (χ3n) is 3.59. The van der Waals surface area contributed by atoms with E-state index in [1.54, 1.807) is 17.0 Å². The predicted molar refractivity (Wildman–Crippen MR) is 76.5 cm³/mol. The minimum Gasteiger partial charge on any atom is -0.504 e. The molecule has 0 saturated carbocycles. The van der Waals surface area contributed by atoms with Crippen LogP contribution in [0.4, 0.5) is 5.69 Å². The summed E-state index contributed by atoms with van der Waals surface area (Å²) in [4.78, 5) is 14.3. The molecule has 2 aromatic carbocycles. The largest absolute Gasteiger partial charge is 0.504 e. The van der Waals surface area contributed by atoms with Gasteiger partial charge in [-0.25, -0.2) is 0 Å². The molecule has 1 heterocycles. The molecule has 4 heteroatoms. The topological polar surface area (TPSA) is 49.8 Å². The van der Waals surface area contributed by atoms with Crippen molar-refractivity contribution in [3.63, 3.8) is 0 Å². The summed E-state index contributed by atoms with van der Waals surface area (Å²) in [5.74, 6) is 0.395. The lowest BCUT2D eigenvalue weighted by molar-refractivity contribution is 0.0979. The second kappa shape index (κ2) is 4.89. The zero-order chi connectivity index (χ0) is 14.1. The number of methoxy groups -OCH3 is 1. The number of amides is 1. The summed E-state index contributed by atoms with van der Waals surface area (Å²) in [7, 11) is 1.50. The lowest BCUT2D eigenvalue weighted by Crippen LogP contribution is -2.37. The van der Waals surface area contributed by atoms with Gasteiger partial charge in [0, 0.05) is 23.4 Å². The Balaban J connectivity index is 2.02. The number of hydrogen-bond acceptors (Lipinski definition) is 3. The van der Waals surface area contributed by atoms with Crippen LogP contribution in [0, 0.1) is 0 Å². The Labute approximate surface area is 117 Å². The van der Waals surface area contributed by atoms with Crippen molar-refractivity contribution in [2.24, 2.45) is 0 Å². The van der Waals surface area contributed by atoms with Crippen LogP contribution in [0.5, 0.6) is 11.5 Å². The molecule has 0 fully saturated rings. The van der Waals surface area contributed by atoms with E-state index in [0.29, 0.717) is 29.8 Å². The maximum atomic E-state index is 12.5. The number of phenolic OH excluding ortho intramolecular Hbond substituents is 1. The van der Waals surface area contributed by atoms with E-state index in [2.05, 4.69) is 0 Å². The number of carbonyl (C=O) groups is 1. The molecule has 3 rings (SSSR count). The summed E-state index contributed by atoms with van der Waals surface area (Å²) in [5.41, 5.74) is 2.08. The SMILES string of the molecule is COc1ccc2c(c1O)CCN(c1ccccc1)C2=O. The van der Waals surface area contributed by atoms with E-state index in [4.69, 9.17) is 4.74 Å². The molecule has 0 radical (unpaired) electrons. The van der Waals surface area contributed by atoms with Crippen molar-refractivity contribution >= 4 is 11.6 Å². The van der Waals surface area contributed by atoms with Crippen LogP contribution in [0.25, 0.3) is 0 Å². The third kappa shape index (κ3) is 1.90. The lowest BCUT2D eigenvalue weighted by Gasteiger charge is -2.29. The number of rotatable bonds is 2. The van der Waals surface area contributed by atoms with Crippen molar-refractivity contribution < 1.29 is 14.6 Å². The Hall–Kier alpha value is -2.49. The number of hydrogen-bond donors (Lipinski definition) is 1. The summed E-state index contributed by atoms with van der Waals surface area (Å²) >= 11 is 0. The second-order valence-electron chi connectivity index (χ2n) is 4.68. The van der Waals surface area contributed by atoms with E-state index < -0.39 is 0 Å². The normalized spacial score (nSPS) is 14.1. The van der Waals surface area contributed by atoms with Gasteiger partial charge in [0.15, 0.2) is 11.5 Å². The van der Waals surface area contributed by atoms with Crippen LogP contribution in [0.1, 0.15) is 15.9 Å². The highest BCUT2D eigenvalue weighted by Crippen LogP contribution is 2.36. The average Bonchev–Trinajstić information content (AvgIpc) is 2.49. The first kappa shape index (κ1) is 12.5. The second-order valence-corrected chi connectivity index (χ2v) is 4.68. The predicted octanol–water partition coefficient (Wildman–Crippen LogP) is 2.60. The fourth-order valence-electron chi connectivity index (χ4n) is 2.56. The van der Waals surface area contributed by atoms with Crippen molar-refractivity contribution in [3.05, 3.63) is 53.6 Å². The first-order valence-electron chi connectivity index (χ1n) is 6.48. The van der Waals surface area contributed by atoms with Gasteiger partial charge in [-0.2, -0.15) is 0 Å². The van der Waals surface area contributed by atoms with Gasteiger partial charge in [-0.1, -0.05) is 18.2 Å². The molecule has 0 saturated heterocycles. The molecule has 0 spiro atoms. The molecule has 1 aliphatic heterocycles. The minimum absolute atomic E-state index is 0.0751. The van der Waals surface area contributed by atoms with Crippen LogP contribution in [0.2, 0.25) is 0 Å². The molecule has 20 heavy (non-hydrogen) atoms. The summed E-state index contributed by atoms with van der Waals surface area (Å²) in [5, 5.41) is 10.1. The summed E-state index contributed by atoms with van der Waals surface area (Å²) in [6.45, 7) is 0.552. The third-order valence-corrected chi connectivity index (χ3v) is 3.59. The van der Waals surface area contributed by atoms with E-state index >= 15 is 0 Å². The number of phenols is 1. The van der Waals surface area contributed by atoms with E-state index in [9.17, 15) is 9.90 Å². The van der Waals surface area contributed by atoms with Crippen LogP contribution >= 0.6 is 0 Å². The zero-order valence-electron chi connectivity index (χ0n) is 11.2. The van der Waals surface area contributed by atoms with Crippen molar-refractivity contribution in [1.82, 2.24) is 0 Å². The van der Waals surface area contributed by atoms with Gasteiger partial charge in [0.2, 0.25) is 0 Å². The molecule has 0 atom stereocenters. The minimum atomic E-state index is -0.0876. The highest BCUT2D eigenvalue weighted by atomic mass is 16.5. The highest BCUT2D eigenvalue weighted by Gasteiger charge is 2.28. The van der Waals surface area contributed by atoms with E-state index in [0.717, 1.165) is 5.69 Å². The number of para-hydroxylation sites is 1. The standard InChI is InChI=1S/C16H15NO3/c1-20-14-8-7-13-12(15(14)18)9-10-17(16(13)19)11-5-3-2-4-6-11/h2-8,18H,9-10H2,1H3. The molecule has 0 aromatic heterocycles. The highest BCUT2D eigenvalue weighted by molar-refractivity contribution is 6.08. The van der Waals surface area contributed by atoms with E-state index in [-0.39, 0.29) is 11.7 Å². The van der Waals surface area contributed by atoms with Gasteiger partial charge in [0.05, 0.1) is 7.11 Å². The number of fused-ring (bicyclic) bond motifs is 1. The number of anilines is 1. The van der Waals surface area contributed by atoms with E-state index in [1.165, 1.54) is 7.11 Å². The smallest absolute Gasteiger partial charge is 0.258 e. The molecule has 1 amide bonds. The zero-order valence-corrected chi connectivity index (χ0v) is 11.2. The van der Waals surface area contributed by atoms with Crippen molar-refractivity contribution in [3.8, 4) is 11.5 Å². The Kier molecular flexibility index (Phi) is 3.06. The number of benzene rings is 2. The molecule has 1 aliphatic rings. The van der Waals surface area contributed by atoms with Gasteiger partial charge < -0.3 is 14.7 Å². The van der Waals surface area contributed by atoms with Crippen LogP contribution in [-0.2, 0) is 6.42 Å². The number of aromatic hydroxyl groups is 1. The van der Waals surface area contributed by atoms with Crippen LogP contribution in [0.15, 0.2) is 42.5 Å². The molecule has 0 unspecified atom stereocenters. The maximum Gasteiger partial charge on any atom is 0.258 e. The lowest BCUT2D eigenvalue weighted by atomic mass is 9.97. The molecular weight excluding hydrogens is 254 g/mol. The Morgan fingerprint density at radius 1 is 1.15 bits per heavy atom. The molecule has 0 bridgehead atoms. The summed E-state index contributed by atoms with van der Waals surface area (Å²) in [6, 6.07) is 12.9. The molecule has 2 aromatic rings. The Morgan fingerprint density at radius 2 is 1.90 bits per heavy atom. The average molecular weight is 269 g/mol. The van der Waals surface area contributed by atoms with Gasteiger partial charge in [0.25, 0.3) is 5.91 Å². The molecular formula is C16H15NO3. The van der Waals surface area contributed by atoms with Gasteiger partial charge >= 0.3 is 0 Å². The molecule has 4 nitrogen and oxygen atoms in total. The molecule has 102 valence electrons. The van der Waals surface area contributed by atoms with E-state index in [1.807, 2.05) is 30.3 Å². The Bertz CT molecular complexity index is 652. The number of carbonyl (C=O) groups excluding carboxylic acids is 1. The fraction of sp³-hybridized carbons (Fsp3) is 0.188. The van der Waals surface area contributed by atoms with Gasteiger partial charge in [-0.3, -0.25) is 4.79 Å².